The fourth-order valence-electron chi connectivity index (χ4n) is 1.73. The van der Waals surface area contributed by atoms with Crippen molar-refractivity contribution in [3.63, 3.8) is 0 Å². The number of amides is 1. The molecule has 0 aliphatic carbocycles. The molecule has 1 unspecified atom stereocenters. The Morgan fingerprint density at radius 3 is 2.72 bits per heavy atom. The molecule has 18 heavy (non-hydrogen) atoms. The van der Waals surface area contributed by atoms with Gasteiger partial charge in [0.1, 0.15) is 0 Å². The van der Waals surface area contributed by atoms with Gasteiger partial charge in [-0.15, -0.1) is 0 Å². The van der Waals surface area contributed by atoms with Crippen LogP contribution in [0.25, 0.3) is 0 Å². The average molecular weight is 333 g/mol. The van der Waals surface area contributed by atoms with E-state index in [0.29, 0.717) is 27.9 Å². The van der Waals surface area contributed by atoms with Gasteiger partial charge in [0.15, 0.2) is 0 Å². The van der Waals surface area contributed by atoms with Crippen LogP contribution in [0.5, 0.6) is 0 Å². The van der Waals surface area contributed by atoms with Crippen LogP contribution in [-0.2, 0) is 0 Å². The molecular weight excluding hydrogens is 314 g/mol. The predicted molar refractivity (Wildman–Crippen MR) is 80.7 cm³/mol. The van der Waals surface area contributed by atoms with Crippen molar-refractivity contribution >= 4 is 33.4 Å². The minimum Gasteiger partial charge on any atom is -0.351 e. The second-order valence-corrected chi connectivity index (χ2v) is 6.63. The first-order valence-corrected chi connectivity index (χ1v) is 7.38. The maximum atomic E-state index is 12.0. The van der Waals surface area contributed by atoms with Gasteiger partial charge in [0, 0.05) is 22.0 Å². The van der Waals surface area contributed by atoms with Gasteiger partial charge >= 0.3 is 0 Å². The number of alkyl halides is 1. The topological polar surface area (TPSA) is 29.1 Å². The highest BCUT2D eigenvalue weighted by atomic mass is 79.9. The molecule has 0 aromatic heterocycles. The van der Waals surface area contributed by atoms with Crippen LogP contribution in [0.4, 0.5) is 0 Å². The van der Waals surface area contributed by atoms with Crippen molar-refractivity contribution in [3.8, 4) is 0 Å². The highest BCUT2D eigenvalue weighted by molar-refractivity contribution is 9.09. The zero-order chi connectivity index (χ0) is 13.7. The van der Waals surface area contributed by atoms with E-state index in [9.17, 15) is 4.79 Å². The van der Waals surface area contributed by atoms with E-state index >= 15 is 0 Å². The molecule has 0 fully saturated rings. The molecule has 2 nitrogen and oxygen atoms in total. The Bertz CT molecular complexity index is 420. The molecule has 0 radical (unpaired) electrons. The van der Waals surface area contributed by atoms with E-state index in [0.717, 1.165) is 12.0 Å². The Labute approximate surface area is 122 Å². The minimum atomic E-state index is -0.0665. The second kappa shape index (κ2) is 7.15. The summed E-state index contributed by atoms with van der Waals surface area (Å²) in [6, 6.07) is 5.36. The number of aryl methyl sites for hydroxylation is 1. The van der Waals surface area contributed by atoms with Gasteiger partial charge in [0.25, 0.3) is 5.91 Å². The summed E-state index contributed by atoms with van der Waals surface area (Å²) >= 11 is 9.47. The zero-order valence-electron chi connectivity index (χ0n) is 11.0. The molecule has 1 amide bonds. The molecule has 1 aromatic rings. The summed E-state index contributed by atoms with van der Waals surface area (Å²) in [5, 5.41) is 3.51. The van der Waals surface area contributed by atoms with Gasteiger partial charge in [-0.2, -0.15) is 0 Å². The quantitative estimate of drug-likeness (QED) is 0.805. The molecule has 1 atom stereocenters. The molecule has 1 rings (SSSR count). The number of benzene rings is 1. The lowest BCUT2D eigenvalue weighted by Crippen LogP contribution is -2.30. The van der Waals surface area contributed by atoms with Gasteiger partial charge in [-0.25, -0.2) is 0 Å². The highest BCUT2D eigenvalue weighted by Crippen LogP contribution is 2.16. The standard InChI is InChI=1S/C14H19BrClNO/c1-9(2)6-11(15)8-17-14(18)13-7-12(16)5-4-10(13)3/h4-5,7,9,11H,6,8H2,1-3H3,(H,17,18). The normalized spacial score (nSPS) is 12.6. The number of hydrogen-bond acceptors (Lipinski definition) is 1. The fraction of sp³-hybridized carbons (Fsp3) is 0.500. The molecule has 0 saturated heterocycles. The largest absolute Gasteiger partial charge is 0.351 e. The molecule has 0 aliphatic heterocycles. The van der Waals surface area contributed by atoms with Gasteiger partial charge < -0.3 is 5.32 Å². The number of carbonyl (C=O) groups is 1. The van der Waals surface area contributed by atoms with Gasteiger partial charge in [0.2, 0.25) is 0 Å². The van der Waals surface area contributed by atoms with Crippen molar-refractivity contribution in [1.82, 2.24) is 5.32 Å². The number of hydrogen-bond donors (Lipinski definition) is 1. The van der Waals surface area contributed by atoms with Crippen molar-refractivity contribution in [2.24, 2.45) is 5.92 Å². The van der Waals surface area contributed by atoms with Gasteiger partial charge in [-0.3, -0.25) is 4.79 Å². The van der Waals surface area contributed by atoms with Crippen molar-refractivity contribution < 1.29 is 4.79 Å². The first kappa shape index (κ1) is 15.5. The van der Waals surface area contributed by atoms with Crippen LogP contribution in [0.2, 0.25) is 5.02 Å². The molecule has 0 heterocycles. The van der Waals surface area contributed by atoms with Crippen molar-refractivity contribution in [2.45, 2.75) is 32.0 Å². The van der Waals surface area contributed by atoms with E-state index in [2.05, 4.69) is 35.1 Å². The van der Waals surface area contributed by atoms with E-state index in [1.54, 1.807) is 12.1 Å². The molecule has 0 aliphatic rings. The Hall–Kier alpha value is -0.540. The SMILES string of the molecule is Cc1ccc(Cl)cc1C(=O)NCC(Br)CC(C)C. The molecule has 100 valence electrons. The van der Waals surface area contributed by atoms with Crippen LogP contribution in [0.3, 0.4) is 0 Å². The van der Waals surface area contributed by atoms with E-state index in [1.165, 1.54) is 0 Å². The summed E-state index contributed by atoms with van der Waals surface area (Å²) in [6.45, 7) is 6.86. The number of halogens is 2. The van der Waals surface area contributed by atoms with Crippen molar-refractivity contribution in [3.05, 3.63) is 34.3 Å². The number of carbonyl (C=O) groups excluding carboxylic acids is 1. The summed E-state index contributed by atoms with van der Waals surface area (Å²) in [6.07, 6.45) is 1.04. The summed E-state index contributed by atoms with van der Waals surface area (Å²) in [5.74, 6) is 0.544. The minimum absolute atomic E-state index is 0.0665. The Balaban J connectivity index is 2.58. The average Bonchev–Trinajstić information content (AvgIpc) is 2.28. The molecule has 1 aromatic carbocycles. The van der Waals surface area contributed by atoms with E-state index in [-0.39, 0.29) is 5.91 Å². The van der Waals surface area contributed by atoms with Crippen molar-refractivity contribution in [1.29, 1.82) is 0 Å². The summed E-state index contributed by atoms with van der Waals surface area (Å²) in [7, 11) is 0. The molecule has 4 heteroatoms. The predicted octanol–water partition coefficient (Wildman–Crippen LogP) is 4.19. The fourth-order valence-corrected chi connectivity index (χ4v) is 2.81. The van der Waals surface area contributed by atoms with E-state index in [4.69, 9.17) is 11.6 Å². The van der Waals surface area contributed by atoms with Gasteiger partial charge in [-0.1, -0.05) is 47.4 Å². The smallest absolute Gasteiger partial charge is 0.251 e. The molecule has 0 saturated carbocycles. The van der Waals surface area contributed by atoms with Gasteiger partial charge in [0.05, 0.1) is 0 Å². The third-order valence-electron chi connectivity index (χ3n) is 2.66. The van der Waals surface area contributed by atoms with E-state index < -0.39 is 0 Å². The zero-order valence-corrected chi connectivity index (χ0v) is 13.3. The lowest BCUT2D eigenvalue weighted by Gasteiger charge is -2.14. The van der Waals surface area contributed by atoms with Crippen LogP contribution in [0.15, 0.2) is 18.2 Å². The number of rotatable bonds is 5. The monoisotopic (exact) mass is 331 g/mol. The molecule has 0 spiro atoms. The van der Waals surface area contributed by atoms with Crippen LogP contribution < -0.4 is 5.32 Å². The Morgan fingerprint density at radius 2 is 2.11 bits per heavy atom. The highest BCUT2D eigenvalue weighted by Gasteiger charge is 2.12. The van der Waals surface area contributed by atoms with Crippen LogP contribution >= 0.6 is 27.5 Å². The van der Waals surface area contributed by atoms with Crippen molar-refractivity contribution in [2.75, 3.05) is 6.54 Å². The van der Waals surface area contributed by atoms with Crippen LogP contribution in [0, 0.1) is 12.8 Å². The lowest BCUT2D eigenvalue weighted by atomic mass is 10.1. The van der Waals surface area contributed by atoms with Gasteiger partial charge in [-0.05, 0) is 37.0 Å². The summed E-state index contributed by atoms with van der Waals surface area (Å²) in [5.41, 5.74) is 1.58. The summed E-state index contributed by atoms with van der Waals surface area (Å²) in [4.78, 5) is 12.3. The van der Waals surface area contributed by atoms with Crippen LogP contribution in [0.1, 0.15) is 36.2 Å². The number of nitrogens with one attached hydrogen (secondary N) is 1. The molecule has 0 bridgehead atoms. The third kappa shape index (κ3) is 4.99. The Morgan fingerprint density at radius 1 is 1.44 bits per heavy atom. The maximum absolute atomic E-state index is 12.0. The lowest BCUT2D eigenvalue weighted by molar-refractivity contribution is 0.0952. The Kier molecular flexibility index (Phi) is 6.16. The third-order valence-corrected chi connectivity index (χ3v) is 3.59. The second-order valence-electron chi connectivity index (χ2n) is 4.90. The maximum Gasteiger partial charge on any atom is 0.251 e. The van der Waals surface area contributed by atoms with E-state index in [1.807, 2.05) is 13.0 Å². The molecule has 1 N–H and O–H groups in total. The van der Waals surface area contributed by atoms with Crippen LogP contribution in [-0.4, -0.2) is 17.3 Å². The summed E-state index contributed by atoms with van der Waals surface area (Å²) < 4.78 is 0. The molecular formula is C14H19BrClNO. The first-order valence-electron chi connectivity index (χ1n) is 6.08. The first-order chi connectivity index (χ1) is 8.40.